The van der Waals surface area contributed by atoms with Gasteiger partial charge in [0.2, 0.25) is 0 Å². The first kappa shape index (κ1) is 23.9. The number of benzene rings is 3. The number of anilines is 2. The molecule has 2 aliphatic heterocycles. The lowest BCUT2D eigenvalue weighted by atomic mass is 9.95. The Labute approximate surface area is 215 Å². The number of aliphatic hydroxyl groups is 1. The molecule has 1 unspecified atom stereocenters. The van der Waals surface area contributed by atoms with Gasteiger partial charge in [0.05, 0.1) is 24.3 Å². The van der Waals surface area contributed by atoms with Gasteiger partial charge in [-0.3, -0.25) is 14.5 Å². The van der Waals surface area contributed by atoms with E-state index in [9.17, 15) is 14.7 Å². The van der Waals surface area contributed by atoms with Gasteiger partial charge in [0.15, 0.2) is 0 Å². The second kappa shape index (κ2) is 10.1. The fourth-order valence-corrected chi connectivity index (χ4v) is 5.21. The van der Waals surface area contributed by atoms with Crippen LogP contribution in [-0.4, -0.2) is 37.0 Å². The Hall–Kier alpha value is -3.77. The number of carbonyl (C=O) groups is 2. The molecule has 1 amide bonds. The number of rotatable bonds is 5. The van der Waals surface area contributed by atoms with Crippen LogP contribution < -0.4 is 14.5 Å². The third-order valence-electron chi connectivity index (χ3n) is 6.83. The number of amides is 1. The van der Waals surface area contributed by atoms with E-state index in [2.05, 4.69) is 4.90 Å². The first-order valence-electron chi connectivity index (χ1n) is 12.0. The van der Waals surface area contributed by atoms with Crippen LogP contribution in [0.4, 0.5) is 11.4 Å². The van der Waals surface area contributed by atoms with Crippen molar-refractivity contribution >= 4 is 40.4 Å². The summed E-state index contributed by atoms with van der Waals surface area (Å²) >= 11 is 6.19. The van der Waals surface area contributed by atoms with E-state index in [0.717, 1.165) is 31.6 Å². The zero-order valence-electron chi connectivity index (χ0n) is 20.0. The molecule has 3 aromatic rings. The van der Waals surface area contributed by atoms with E-state index in [4.69, 9.17) is 16.3 Å². The van der Waals surface area contributed by atoms with Crippen LogP contribution in [0.5, 0.6) is 5.75 Å². The van der Waals surface area contributed by atoms with Gasteiger partial charge in [-0.25, -0.2) is 0 Å². The lowest BCUT2D eigenvalue weighted by Gasteiger charge is -2.30. The molecule has 36 heavy (non-hydrogen) atoms. The van der Waals surface area contributed by atoms with Crippen molar-refractivity contribution in [1.82, 2.24) is 0 Å². The van der Waals surface area contributed by atoms with Crippen molar-refractivity contribution in [3.63, 3.8) is 0 Å². The third kappa shape index (κ3) is 4.33. The predicted molar refractivity (Wildman–Crippen MR) is 142 cm³/mol. The van der Waals surface area contributed by atoms with Gasteiger partial charge in [0.1, 0.15) is 11.5 Å². The van der Waals surface area contributed by atoms with Crippen molar-refractivity contribution in [3.05, 3.63) is 94.5 Å². The highest BCUT2D eigenvalue weighted by Crippen LogP contribution is 2.43. The molecule has 0 radical (unpaired) electrons. The molecule has 0 spiro atoms. The molecule has 2 heterocycles. The summed E-state index contributed by atoms with van der Waals surface area (Å²) in [4.78, 5) is 30.6. The molecule has 1 atom stereocenters. The number of methoxy groups -OCH3 is 1. The Bertz CT molecular complexity index is 1310. The molecule has 6 nitrogen and oxygen atoms in total. The highest BCUT2D eigenvalue weighted by atomic mass is 35.5. The van der Waals surface area contributed by atoms with Gasteiger partial charge in [0, 0.05) is 29.5 Å². The lowest BCUT2D eigenvalue weighted by Crippen LogP contribution is -2.30. The van der Waals surface area contributed by atoms with Gasteiger partial charge in [-0.15, -0.1) is 0 Å². The van der Waals surface area contributed by atoms with Gasteiger partial charge < -0.3 is 14.7 Å². The van der Waals surface area contributed by atoms with E-state index in [1.165, 1.54) is 24.5 Å². The topological polar surface area (TPSA) is 70.1 Å². The first-order valence-corrected chi connectivity index (χ1v) is 12.4. The average molecular weight is 503 g/mol. The highest BCUT2D eigenvalue weighted by Gasteiger charge is 2.47. The molecule has 5 rings (SSSR count). The van der Waals surface area contributed by atoms with Gasteiger partial charge in [-0.05, 0) is 67.3 Å². The van der Waals surface area contributed by atoms with E-state index < -0.39 is 17.7 Å². The molecule has 2 aliphatic rings. The second-order valence-electron chi connectivity index (χ2n) is 8.99. The van der Waals surface area contributed by atoms with Gasteiger partial charge in [-0.1, -0.05) is 41.9 Å². The minimum Gasteiger partial charge on any atom is -0.507 e. The molecule has 0 aromatic heterocycles. The van der Waals surface area contributed by atoms with E-state index >= 15 is 0 Å². The summed E-state index contributed by atoms with van der Waals surface area (Å²) in [6.07, 6.45) is 3.57. The fraction of sp³-hybridized carbons (Fsp3) is 0.241. The largest absolute Gasteiger partial charge is 0.507 e. The minimum absolute atomic E-state index is 0.00752. The van der Waals surface area contributed by atoms with Crippen molar-refractivity contribution < 1.29 is 19.4 Å². The molecule has 7 heteroatoms. The summed E-state index contributed by atoms with van der Waals surface area (Å²) in [5, 5.41) is 11.8. The molecule has 3 aromatic carbocycles. The molecular weight excluding hydrogens is 476 g/mol. The summed E-state index contributed by atoms with van der Waals surface area (Å²) in [6, 6.07) is 20.9. The first-order chi connectivity index (χ1) is 17.5. The quantitative estimate of drug-likeness (QED) is 0.264. The van der Waals surface area contributed by atoms with Crippen LogP contribution in [0, 0.1) is 0 Å². The standard InChI is InChI=1S/C29H27ClN2O4/c1-36-24-15-10-20(30)18-23(24)27(33)25-26(19-8-4-2-5-9-19)32(29(35)28(25)34)22-13-11-21(12-14-22)31-16-6-3-7-17-31/h2,4-5,8-15,18,26,33H,3,6-7,16-17H2,1H3/b27-25+. The van der Waals surface area contributed by atoms with Crippen molar-refractivity contribution in [2.24, 2.45) is 0 Å². The number of piperidine rings is 1. The van der Waals surface area contributed by atoms with E-state index in [-0.39, 0.29) is 16.9 Å². The van der Waals surface area contributed by atoms with Crippen molar-refractivity contribution in [3.8, 4) is 5.75 Å². The summed E-state index contributed by atoms with van der Waals surface area (Å²) in [7, 11) is 1.47. The molecular formula is C29H27ClN2O4. The maximum atomic E-state index is 13.4. The van der Waals surface area contributed by atoms with Crippen LogP contribution in [0.25, 0.3) is 5.76 Å². The van der Waals surface area contributed by atoms with Crippen molar-refractivity contribution in [2.75, 3.05) is 30.0 Å². The predicted octanol–water partition coefficient (Wildman–Crippen LogP) is 5.97. The molecule has 184 valence electrons. The maximum Gasteiger partial charge on any atom is 0.300 e. The number of ether oxygens (including phenoxy) is 1. The molecule has 2 fully saturated rings. The number of hydrogen-bond acceptors (Lipinski definition) is 5. The maximum absolute atomic E-state index is 13.4. The highest BCUT2D eigenvalue weighted by molar-refractivity contribution is 6.51. The van der Waals surface area contributed by atoms with Crippen LogP contribution in [0.1, 0.15) is 36.4 Å². The Morgan fingerprint density at radius 3 is 2.25 bits per heavy atom. The number of ketones is 1. The monoisotopic (exact) mass is 502 g/mol. The molecule has 0 saturated carbocycles. The molecule has 2 saturated heterocycles. The van der Waals surface area contributed by atoms with Crippen LogP contribution in [-0.2, 0) is 9.59 Å². The number of carbonyl (C=O) groups excluding carboxylic acids is 2. The summed E-state index contributed by atoms with van der Waals surface area (Å²) < 4.78 is 5.40. The number of Topliss-reactive ketones (excluding diaryl/α,β-unsaturated/α-hetero) is 1. The average Bonchev–Trinajstić information content (AvgIpc) is 3.19. The SMILES string of the molecule is COc1ccc(Cl)cc1/C(O)=C1\C(=O)C(=O)N(c2ccc(N3CCCCC3)cc2)C1c1ccccc1. The zero-order valence-corrected chi connectivity index (χ0v) is 20.7. The van der Waals surface area contributed by atoms with Crippen molar-refractivity contribution in [2.45, 2.75) is 25.3 Å². The Kier molecular flexibility index (Phi) is 6.70. The Balaban J connectivity index is 1.62. The molecule has 0 bridgehead atoms. The zero-order chi connectivity index (χ0) is 25.2. The van der Waals surface area contributed by atoms with Gasteiger partial charge in [-0.2, -0.15) is 0 Å². The molecule has 1 N–H and O–H groups in total. The van der Waals surface area contributed by atoms with Gasteiger partial charge >= 0.3 is 0 Å². The number of aliphatic hydroxyl groups excluding tert-OH is 1. The van der Waals surface area contributed by atoms with Crippen LogP contribution in [0.15, 0.2) is 78.4 Å². The van der Waals surface area contributed by atoms with Crippen LogP contribution in [0.2, 0.25) is 5.02 Å². The number of hydrogen-bond donors (Lipinski definition) is 1. The van der Waals surface area contributed by atoms with Crippen LogP contribution in [0.3, 0.4) is 0 Å². The fourth-order valence-electron chi connectivity index (χ4n) is 5.04. The number of halogens is 1. The summed E-state index contributed by atoms with van der Waals surface area (Å²) in [5.41, 5.74) is 2.63. The number of nitrogens with zero attached hydrogens (tertiary/aromatic N) is 2. The van der Waals surface area contributed by atoms with Gasteiger partial charge in [0.25, 0.3) is 11.7 Å². The normalized spacial score (nSPS) is 19.6. The Morgan fingerprint density at radius 1 is 0.917 bits per heavy atom. The lowest BCUT2D eigenvalue weighted by molar-refractivity contribution is -0.132. The summed E-state index contributed by atoms with van der Waals surface area (Å²) in [6.45, 7) is 2.02. The minimum atomic E-state index is -0.810. The molecule has 0 aliphatic carbocycles. The third-order valence-corrected chi connectivity index (χ3v) is 7.06. The van der Waals surface area contributed by atoms with E-state index in [1.807, 2.05) is 54.6 Å². The van der Waals surface area contributed by atoms with E-state index in [0.29, 0.717) is 22.0 Å². The smallest absolute Gasteiger partial charge is 0.300 e. The van der Waals surface area contributed by atoms with Crippen LogP contribution >= 0.6 is 11.6 Å². The second-order valence-corrected chi connectivity index (χ2v) is 9.42. The summed E-state index contributed by atoms with van der Waals surface area (Å²) in [5.74, 6) is -1.43. The van der Waals surface area contributed by atoms with Crippen molar-refractivity contribution in [1.29, 1.82) is 0 Å². The van der Waals surface area contributed by atoms with E-state index in [1.54, 1.807) is 12.1 Å². The Morgan fingerprint density at radius 2 is 1.58 bits per heavy atom.